The molecule has 0 bridgehead atoms. The van der Waals surface area contributed by atoms with Gasteiger partial charge in [0.25, 0.3) is 11.1 Å². The molecule has 9 heteroatoms. The quantitative estimate of drug-likeness (QED) is 0.767. The Bertz CT molecular complexity index is 755. The van der Waals surface area contributed by atoms with Gasteiger partial charge >= 0.3 is 0 Å². The van der Waals surface area contributed by atoms with E-state index in [0.717, 1.165) is 4.90 Å². The van der Waals surface area contributed by atoms with Gasteiger partial charge in [0.2, 0.25) is 5.91 Å². The van der Waals surface area contributed by atoms with Gasteiger partial charge in [-0.1, -0.05) is 18.2 Å². The summed E-state index contributed by atoms with van der Waals surface area (Å²) in [6, 6.07) is 5.52. The van der Waals surface area contributed by atoms with Crippen molar-refractivity contribution in [3.8, 4) is 0 Å². The third-order valence-corrected chi connectivity index (χ3v) is 5.84. The molecule has 6 nitrogen and oxygen atoms in total. The third kappa shape index (κ3) is 4.05. The average Bonchev–Trinajstić information content (AvgIpc) is 3.08. The van der Waals surface area contributed by atoms with E-state index < -0.39 is 35.5 Å². The van der Waals surface area contributed by atoms with Crippen molar-refractivity contribution < 1.29 is 23.9 Å². The second-order valence-electron chi connectivity index (χ2n) is 5.57. The number of carbonyl (C=O) groups is 3. The molecule has 0 radical (unpaired) electrons. The Balaban J connectivity index is 1.67. The molecule has 2 saturated heterocycles. The summed E-state index contributed by atoms with van der Waals surface area (Å²) in [7, 11) is 0. The van der Waals surface area contributed by atoms with Gasteiger partial charge in [-0.05, 0) is 23.9 Å². The molecule has 1 aromatic rings. The summed E-state index contributed by atoms with van der Waals surface area (Å²) >= 11 is 2.19. The Labute approximate surface area is 151 Å². The largest absolute Gasteiger partial charge is 0.390 e. The first-order valence-electron chi connectivity index (χ1n) is 7.51. The van der Waals surface area contributed by atoms with Gasteiger partial charge in [0.1, 0.15) is 12.4 Å². The van der Waals surface area contributed by atoms with Crippen molar-refractivity contribution in [1.82, 2.24) is 10.2 Å². The molecule has 1 aromatic carbocycles. The molecule has 2 heterocycles. The normalized spacial score (nSPS) is 25.0. The number of hydrogen-bond donors (Lipinski definition) is 2. The summed E-state index contributed by atoms with van der Waals surface area (Å²) in [5.41, 5.74) is 0.198. The van der Waals surface area contributed by atoms with E-state index in [1.807, 2.05) is 0 Å². The van der Waals surface area contributed by atoms with Crippen LogP contribution in [0.5, 0.6) is 0 Å². The summed E-state index contributed by atoms with van der Waals surface area (Å²) < 4.78 is 13.7. The number of carbonyl (C=O) groups excluding carboxylic acids is 3. The van der Waals surface area contributed by atoms with Gasteiger partial charge in [0.15, 0.2) is 0 Å². The summed E-state index contributed by atoms with van der Waals surface area (Å²) in [6.07, 6.45) is 0.667. The fraction of sp³-hybridized carbons (Fsp3) is 0.312. The van der Waals surface area contributed by atoms with Crippen LogP contribution in [-0.4, -0.2) is 57.3 Å². The van der Waals surface area contributed by atoms with Gasteiger partial charge < -0.3 is 10.4 Å². The Kier molecular flexibility index (Phi) is 5.45. The number of hydrogen-bond acceptors (Lipinski definition) is 6. The first-order valence-corrected chi connectivity index (χ1v) is 9.48. The van der Waals surface area contributed by atoms with Crippen molar-refractivity contribution in [1.29, 1.82) is 0 Å². The van der Waals surface area contributed by atoms with Crippen LogP contribution in [0.25, 0.3) is 6.08 Å². The monoisotopic (exact) mass is 382 g/mol. The smallest absolute Gasteiger partial charge is 0.294 e. The molecule has 2 aliphatic rings. The highest BCUT2D eigenvalue weighted by Gasteiger charge is 2.37. The summed E-state index contributed by atoms with van der Waals surface area (Å²) in [5, 5.41) is 11.7. The SMILES string of the molecule is O=C(CN1C(=O)S/C(=C\c2ccccc2F)C1=O)N[C@H]1CSC[C@H]1O. The van der Waals surface area contributed by atoms with E-state index in [9.17, 15) is 23.9 Å². The highest BCUT2D eigenvalue weighted by molar-refractivity contribution is 8.18. The maximum atomic E-state index is 13.7. The molecule has 3 rings (SSSR count). The molecule has 0 aliphatic carbocycles. The number of nitrogens with one attached hydrogen (secondary N) is 1. The topological polar surface area (TPSA) is 86.7 Å². The minimum Gasteiger partial charge on any atom is -0.390 e. The first-order chi connectivity index (χ1) is 12.0. The molecular formula is C16H15FN2O4S2. The van der Waals surface area contributed by atoms with Crippen molar-refractivity contribution in [2.24, 2.45) is 0 Å². The molecular weight excluding hydrogens is 367 g/mol. The van der Waals surface area contributed by atoms with Crippen LogP contribution in [0, 0.1) is 5.82 Å². The van der Waals surface area contributed by atoms with Crippen molar-refractivity contribution in [3.05, 3.63) is 40.6 Å². The predicted octanol–water partition coefficient (Wildman–Crippen LogP) is 1.45. The standard InChI is InChI=1S/C16H15FN2O4S2/c17-10-4-2-1-3-9(10)5-13-15(22)19(16(23)25-13)6-14(21)18-11-7-24-8-12(11)20/h1-5,11-12,20H,6-8H2,(H,18,21)/b13-5-/t11-,12+/m0/s1. The van der Waals surface area contributed by atoms with Crippen molar-refractivity contribution in [2.45, 2.75) is 12.1 Å². The zero-order valence-electron chi connectivity index (χ0n) is 13.0. The van der Waals surface area contributed by atoms with Crippen molar-refractivity contribution in [2.75, 3.05) is 18.1 Å². The van der Waals surface area contributed by atoms with E-state index >= 15 is 0 Å². The Hall–Kier alpha value is -1.84. The molecule has 3 amide bonds. The molecule has 132 valence electrons. The molecule has 2 aliphatic heterocycles. The molecule has 2 N–H and O–H groups in total. The van der Waals surface area contributed by atoms with E-state index in [1.165, 1.54) is 36.0 Å². The van der Waals surface area contributed by atoms with Crippen LogP contribution in [0.3, 0.4) is 0 Å². The number of thioether (sulfide) groups is 2. The molecule has 0 aromatic heterocycles. The number of aliphatic hydroxyl groups excluding tert-OH is 1. The molecule has 25 heavy (non-hydrogen) atoms. The van der Waals surface area contributed by atoms with E-state index in [2.05, 4.69) is 5.32 Å². The van der Waals surface area contributed by atoms with Crippen LogP contribution < -0.4 is 5.32 Å². The van der Waals surface area contributed by atoms with Gasteiger partial charge in [0.05, 0.1) is 17.1 Å². The van der Waals surface area contributed by atoms with Gasteiger partial charge in [-0.3, -0.25) is 19.3 Å². The summed E-state index contributed by atoms with van der Waals surface area (Å²) in [6.45, 7) is -0.423. The Morgan fingerprint density at radius 2 is 2.12 bits per heavy atom. The third-order valence-electron chi connectivity index (χ3n) is 3.76. The zero-order valence-corrected chi connectivity index (χ0v) is 14.6. The van der Waals surface area contributed by atoms with E-state index in [0.29, 0.717) is 23.3 Å². The lowest BCUT2D eigenvalue weighted by Crippen LogP contribution is -2.47. The minimum atomic E-state index is -0.634. The number of imide groups is 1. The van der Waals surface area contributed by atoms with E-state index in [1.54, 1.807) is 6.07 Å². The lowest BCUT2D eigenvalue weighted by atomic mass is 10.2. The number of halogens is 1. The lowest BCUT2D eigenvalue weighted by molar-refractivity contribution is -0.129. The van der Waals surface area contributed by atoms with Gasteiger partial charge in [0, 0.05) is 17.1 Å². The zero-order chi connectivity index (χ0) is 18.0. The number of nitrogens with zero attached hydrogens (tertiary/aromatic N) is 1. The molecule has 0 spiro atoms. The molecule has 0 saturated carbocycles. The van der Waals surface area contributed by atoms with Gasteiger partial charge in [-0.15, -0.1) is 0 Å². The van der Waals surface area contributed by atoms with Gasteiger partial charge in [-0.2, -0.15) is 11.8 Å². The summed E-state index contributed by atoms with van der Waals surface area (Å²) in [5.74, 6) is -0.518. The highest BCUT2D eigenvalue weighted by Crippen LogP contribution is 2.32. The second kappa shape index (κ2) is 7.59. The maximum Gasteiger partial charge on any atom is 0.294 e. The number of amides is 3. The number of rotatable bonds is 4. The average molecular weight is 382 g/mol. The molecule has 2 atom stereocenters. The van der Waals surface area contributed by atoms with Crippen molar-refractivity contribution in [3.63, 3.8) is 0 Å². The fourth-order valence-electron chi connectivity index (χ4n) is 2.45. The molecule has 0 unspecified atom stereocenters. The molecule has 2 fully saturated rings. The van der Waals surface area contributed by atoms with E-state index in [4.69, 9.17) is 0 Å². The van der Waals surface area contributed by atoms with Crippen LogP contribution in [0.1, 0.15) is 5.56 Å². The van der Waals surface area contributed by atoms with Crippen LogP contribution >= 0.6 is 23.5 Å². The fourth-order valence-corrected chi connectivity index (χ4v) is 4.45. The van der Waals surface area contributed by atoms with Crippen LogP contribution in [-0.2, 0) is 9.59 Å². The van der Waals surface area contributed by atoms with Gasteiger partial charge in [-0.25, -0.2) is 4.39 Å². The van der Waals surface area contributed by atoms with E-state index in [-0.39, 0.29) is 16.5 Å². The van der Waals surface area contributed by atoms with Crippen LogP contribution in [0.15, 0.2) is 29.2 Å². The second-order valence-corrected chi connectivity index (χ2v) is 7.64. The minimum absolute atomic E-state index is 0.0688. The Morgan fingerprint density at radius 3 is 2.80 bits per heavy atom. The lowest BCUT2D eigenvalue weighted by Gasteiger charge is -2.18. The maximum absolute atomic E-state index is 13.7. The highest BCUT2D eigenvalue weighted by atomic mass is 32.2. The summed E-state index contributed by atoms with van der Waals surface area (Å²) in [4.78, 5) is 37.3. The number of aliphatic hydroxyl groups is 1. The first kappa shape index (κ1) is 18.0. The Morgan fingerprint density at radius 1 is 1.36 bits per heavy atom. The van der Waals surface area contributed by atoms with Crippen LogP contribution in [0.2, 0.25) is 0 Å². The van der Waals surface area contributed by atoms with Crippen molar-refractivity contribution >= 4 is 46.7 Å². The predicted molar refractivity (Wildman–Crippen MR) is 94.3 cm³/mol. The number of benzene rings is 1. The van der Waals surface area contributed by atoms with Crippen LogP contribution in [0.4, 0.5) is 9.18 Å².